The predicted molar refractivity (Wildman–Crippen MR) is 122 cm³/mol. The molecule has 0 bridgehead atoms. The zero-order valence-corrected chi connectivity index (χ0v) is 19.8. The molecule has 1 aliphatic heterocycles. The van der Waals surface area contributed by atoms with E-state index in [9.17, 15) is 18.0 Å². The van der Waals surface area contributed by atoms with E-state index >= 15 is 0 Å². The number of benzene rings is 2. The average Bonchev–Trinajstić information content (AvgIpc) is 2.84. The Hall–Kier alpha value is -2.95. The van der Waals surface area contributed by atoms with Gasteiger partial charge in [-0.25, -0.2) is 18.0 Å². The first-order chi connectivity index (χ1) is 15.8. The summed E-state index contributed by atoms with van der Waals surface area (Å²) < 4.78 is 43.0. The minimum atomic E-state index is -3.76. The van der Waals surface area contributed by atoms with Crippen molar-refractivity contribution in [2.75, 3.05) is 51.4 Å². The second kappa shape index (κ2) is 10.8. The van der Waals surface area contributed by atoms with Gasteiger partial charge in [0.2, 0.25) is 10.0 Å². The first kappa shape index (κ1) is 24.7. The number of methoxy groups -OCH3 is 1. The molecule has 3 rings (SSSR count). The molecular weight excluding hydrogens is 448 g/mol. The van der Waals surface area contributed by atoms with Crippen LogP contribution in [-0.4, -0.2) is 71.2 Å². The van der Waals surface area contributed by atoms with Crippen LogP contribution >= 0.6 is 0 Å². The smallest absolute Gasteiger partial charge is 0.345 e. The molecule has 2 aromatic carbocycles. The van der Waals surface area contributed by atoms with E-state index in [4.69, 9.17) is 9.47 Å². The first-order valence-electron chi connectivity index (χ1n) is 10.7. The Morgan fingerprint density at radius 1 is 1.00 bits per heavy atom. The monoisotopic (exact) mass is 476 g/mol. The van der Waals surface area contributed by atoms with Crippen molar-refractivity contribution in [2.45, 2.75) is 18.7 Å². The molecule has 1 heterocycles. The maximum Gasteiger partial charge on any atom is 0.345 e. The van der Waals surface area contributed by atoms with Crippen LogP contribution in [0.3, 0.4) is 0 Å². The molecule has 0 radical (unpaired) electrons. The highest BCUT2D eigenvalue weighted by Crippen LogP contribution is 2.28. The molecule has 0 saturated carbocycles. The van der Waals surface area contributed by atoms with Gasteiger partial charge >= 0.3 is 11.9 Å². The van der Waals surface area contributed by atoms with E-state index in [1.807, 2.05) is 4.90 Å². The lowest BCUT2D eigenvalue weighted by Crippen LogP contribution is -2.37. The summed E-state index contributed by atoms with van der Waals surface area (Å²) in [5.74, 6) is -0.978. The Labute approximate surface area is 193 Å². The largest absolute Gasteiger partial charge is 0.465 e. The Morgan fingerprint density at radius 3 is 2.21 bits per heavy atom. The third-order valence-corrected chi connectivity index (χ3v) is 7.41. The van der Waals surface area contributed by atoms with Crippen molar-refractivity contribution in [3.05, 3.63) is 53.6 Å². The Kier molecular flexibility index (Phi) is 8.06. The summed E-state index contributed by atoms with van der Waals surface area (Å²) in [6, 6.07) is 10.4. The number of anilines is 1. The SMILES string of the molecule is CCN(CC)S(=O)(=O)c1ccc(N2CCOCC2)c(C(=O)Oc2ccc(C(=O)OC)cc2)c1. The summed E-state index contributed by atoms with van der Waals surface area (Å²) in [5.41, 5.74) is 1.04. The van der Waals surface area contributed by atoms with E-state index in [-0.39, 0.29) is 16.2 Å². The van der Waals surface area contributed by atoms with Crippen molar-refractivity contribution in [3.8, 4) is 5.75 Å². The molecule has 1 aliphatic rings. The van der Waals surface area contributed by atoms with E-state index < -0.39 is 22.0 Å². The topological polar surface area (TPSA) is 102 Å². The highest BCUT2D eigenvalue weighted by atomic mass is 32.2. The molecule has 0 N–H and O–H groups in total. The molecule has 178 valence electrons. The van der Waals surface area contributed by atoms with Gasteiger partial charge in [0.15, 0.2) is 0 Å². The Balaban J connectivity index is 1.97. The molecule has 0 amide bonds. The molecule has 1 saturated heterocycles. The molecule has 0 aliphatic carbocycles. The number of carbonyl (C=O) groups is 2. The molecule has 10 heteroatoms. The van der Waals surface area contributed by atoms with Crippen LogP contribution in [0.5, 0.6) is 5.75 Å². The van der Waals surface area contributed by atoms with Gasteiger partial charge in [-0.2, -0.15) is 4.31 Å². The molecule has 0 spiro atoms. The summed E-state index contributed by atoms with van der Waals surface area (Å²) in [5, 5.41) is 0. The highest BCUT2D eigenvalue weighted by Gasteiger charge is 2.27. The molecular formula is C23H28N2O7S. The van der Waals surface area contributed by atoms with Crippen LogP contribution in [-0.2, 0) is 19.5 Å². The minimum absolute atomic E-state index is 0.0243. The first-order valence-corrected chi connectivity index (χ1v) is 12.1. The van der Waals surface area contributed by atoms with Crippen LogP contribution in [0.2, 0.25) is 0 Å². The number of carbonyl (C=O) groups excluding carboxylic acids is 2. The van der Waals surface area contributed by atoms with E-state index in [1.54, 1.807) is 19.9 Å². The van der Waals surface area contributed by atoms with Crippen molar-refractivity contribution in [2.24, 2.45) is 0 Å². The summed E-state index contributed by atoms with van der Waals surface area (Å²) in [4.78, 5) is 26.8. The van der Waals surface area contributed by atoms with Crippen LogP contribution in [0.25, 0.3) is 0 Å². The number of hydrogen-bond acceptors (Lipinski definition) is 8. The second-order valence-corrected chi connectivity index (χ2v) is 9.21. The molecule has 2 aromatic rings. The van der Waals surface area contributed by atoms with Gasteiger partial charge in [0, 0.05) is 26.2 Å². The van der Waals surface area contributed by atoms with Crippen LogP contribution in [0.4, 0.5) is 5.69 Å². The van der Waals surface area contributed by atoms with Gasteiger partial charge in [-0.15, -0.1) is 0 Å². The lowest BCUT2D eigenvalue weighted by Gasteiger charge is -2.30. The van der Waals surface area contributed by atoms with Crippen LogP contribution < -0.4 is 9.64 Å². The summed E-state index contributed by atoms with van der Waals surface area (Å²) in [6.07, 6.45) is 0. The van der Waals surface area contributed by atoms with Gasteiger partial charge in [-0.3, -0.25) is 0 Å². The van der Waals surface area contributed by atoms with Crippen molar-refractivity contribution >= 4 is 27.6 Å². The zero-order valence-electron chi connectivity index (χ0n) is 18.9. The fourth-order valence-electron chi connectivity index (χ4n) is 3.57. The van der Waals surface area contributed by atoms with E-state index in [2.05, 4.69) is 4.74 Å². The number of ether oxygens (including phenoxy) is 3. The minimum Gasteiger partial charge on any atom is -0.465 e. The summed E-state index contributed by atoms with van der Waals surface area (Å²) >= 11 is 0. The van der Waals surface area contributed by atoms with Crippen molar-refractivity contribution in [1.82, 2.24) is 4.31 Å². The van der Waals surface area contributed by atoms with Crippen LogP contribution in [0.15, 0.2) is 47.4 Å². The summed E-state index contributed by atoms with van der Waals surface area (Å²) in [6.45, 7) is 6.29. The van der Waals surface area contributed by atoms with Gasteiger partial charge in [-0.05, 0) is 42.5 Å². The number of esters is 2. The van der Waals surface area contributed by atoms with Gasteiger partial charge < -0.3 is 19.1 Å². The highest BCUT2D eigenvalue weighted by molar-refractivity contribution is 7.89. The molecule has 9 nitrogen and oxygen atoms in total. The zero-order chi connectivity index (χ0) is 24.0. The van der Waals surface area contributed by atoms with E-state index in [0.717, 1.165) is 0 Å². The number of morpholine rings is 1. The predicted octanol–water partition coefficient (Wildman–Crippen LogP) is 2.56. The third kappa shape index (κ3) is 5.52. The normalized spacial score (nSPS) is 14.2. The van der Waals surface area contributed by atoms with Crippen LogP contribution in [0.1, 0.15) is 34.6 Å². The fraction of sp³-hybridized carbons (Fsp3) is 0.391. The number of hydrogen-bond donors (Lipinski definition) is 0. The standard InChI is InChI=1S/C23H28N2O7S/c1-4-25(5-2)33(28,29)19-10-11-21(24-12-14-31-15-13-24)20(16-19)23(27)32-18-8-6-17(7-9-18)22(26)30-3/h6-11,16H,4-5,12-15H2,1-3H3. The lowest BCUT2D eigenvalue weighted by molar-refractivity contribution is 0.0600. The second-order valence-electron chi connectivity index (χ2n) is 7.27. The molecule has 0 unspecified atom stereocenters. The molecule has 33 heavy (non-hydrogen) atoms. The van der Waals surface area contributed by atoms with E-state index in [0.29, 0.717) is 50.6 Å². The maximum atomic E-state index is 13.2. The van der Waals surface area contributed by atoms with Gasteiger partial charge in [0.05, 0.1) is 42.0 Å². The van der Waals surface area contributed by atoms with Crippen molar-refractivity contribution in [3.63, 3.8) is 0 Å². The quantitative estimate of drug-likeness (QED) is 0.423. The Morgan fingerprint density at radius 2 is 1.64 bits per heavy atom. The molecule has 0 atom stereocenters. The average molecular weight is 477 g/mol. The van der Waals surface area contributed by atoms with Crippen molar-refractivity contribution in [1.29, 1.82) is 0 Å². The third-order valence-electron chi connectivity index (χ3n) is 5.37. The molecule has 1 fully saturated rings. The summed E-state index contributed by atoms with van der Waals surface area (Å²) in [7, 11) is -2.48. The number of rotatable bonds is 8. The molecule has 0 aromatic heterocycles. The van der Waals surface area contributed by atoms with Gasteiger partial charge in [0.1, 0.15) is 5.75 Å². The van der Waals surface area contributed by atoms with Gasteiger partial charge in [0.25, 0.3) is 0 Å². The van der Waals surface area contributed by atoms with E-state index in [1.165, 1.54) is 47.8 Å². The number of sulfonamides is 1. The Bertz CT molecular complexity index is 1090. The maximum absolute atomic E-state index is 13.2. The van der Waals surface area contributed by atoms with Gasteiger partial charge in [-0.1, -0.05) is 13.8 Å². The number of nitrogens with zero attached hydrogens (tertiary/aromatic N) is 2. The fourth-order valence-corrected chi connectivity index (χ4v) is 5.06. The van der Waals surface area contributed by atoms with Crippen molar-refractivity contribution < 1.29 is 32.2 Å². The van der Waals surface area contributed by atoms with Crippen LogP contribution in [0, 0.1) is 0 Å². The lowest BCUT2D eigenvalue weighted by atomic mass is 10.1.